The summed E-state index contributed by atoms with van der Waals surface area (Å²) in [7, 11) is -4.62. The predicted molar refractivity (Wildman–Crippen MR) is 101 cm³/mol. The van der Waals surface area contributed by atoms with Crippen LogP contribution >= 0.6 is 7.82 Å². The quantitative estimate of drug-likeness (QED) is 0.438. The molecule has 0 radical (unpaired) electrons. The van der Waals surface area contributed by atoms with Crippen LogP contribution in [0.15, 0.2) is 48.5 Å². The third kappa shape index (κ3) is 5.67. The van der Waals surface area contributed by atoms with Crippen LogP contribution in [0.1, 0.15) is 54.4 Å². The molecule has 2 aromatic carbocycles. The lowest BCUT2D eigenvalue weighted by Gasteiger charge is -2.26. The maximum absolute atomic E-state index is 12.2. The molecule has 1 aliphatic carbocycles. The number of hydrogen-bond acceptors (Lipinski definition) is 4. The second-order valence-electron chi connectivity index (χ2n) is 7.02. The molecule has 27 heavy (non-hydrogen) atoms. The Morgan fingerprint density at radius 3 is 2.04 bits per heavy atom. The number of esters is 1. The largest absolute Gasteiger partial charge is 0.524 e. The van der Waals surface area contributed by atoms with E-state index in [1.807, 2.05) is 12.1 Å². The summed E-state index contributed by atoms with van der Waals surface area (Å²) in [5, 5.41) is 0. The zero-order valence-corrected chi connectivity index (χ0v) is 16.0. The lowest BCUT2D eigenvalue weighted by atomic mass is 9.79. The van der Waals surface area contributed by atoms with Crippen LogP contribution in [-0.2, 0) is 4.57 Å². The molecule has 7 heteroatoms. The van der Waals surface area contributed by atoms with Gasteiger partial charge in [0.2, 0.25) is 0 Å². The normalized spacial score (nSPS) is 20.1. The first-order valence-corrected chi connectivity index (χ1v) is 10.5. The van der Waals surface area contributed by atoms with Crippen molar-refractivity contribution in [1.29, 1.82) is 0 Å². The summed E-state index contributed by atoms with van der Waals surface area (Å²) in [4.78, 5) is 29.8. The first-order chi connectivity index (χ1) is 12.8. The molecule has 0 saturated heterocycles. The second kappa shape index (κ2) is 8.26. The summed E-state index contributed by atoms with van der Waals surface area (Å²) in [5.74, 6) is 1.28. The number of carbonyl (C=O) groups excluding carboxylic acids is 1. The van der Waals surface area contributed by atoms with Crippen molar-refractivity contribution < 1.29 is 28.4 Å². The smallest absolute Gasteiger partial charge is 0.423 e. The van der Waals surface area contributed by atoms with Crippen LogP contribution in [0.25, 0.3) is 0 Å². The molecule has 1 aliphatic rings. The molecule has 144 valence electrons. The Morgan fingerprint density at radius 2 is 1.48 bits per heavy atom. The van der Waals surface area contributed by atoms with E-state index in [4.69, 9.17) is 14.5 Å². The van der Waals surface area contributed by atoms with Gasteiger partial charge in [0.25, 0.3) is 0 Å². The molecule has 2 aromatic rings. The van der Waals surface area contributed by atoms with Gasteiger partial charge in [-0.3, -0.25) is 9.79 Å². The molecule has 0 aromatic heterocycles. The third-order valence-electron chi connectivity index (χ3n) is 4.89. The summed E-state index contributed by atoms with van der Waals surface area (Å²) in [6.45, 7) is 2.30. The lowest BCUT2D eigenvalue weighted by Crippen LogP contribution is -2.11. The van der Waals surface area contributed by atoms with Gasteiger partial charge in [-0.05, 0) is 66.6 Å². The lowest BCUT2D eigenvalue weighted by molar-refractivity contribution is 0.0734. The first-order valence-electron chi connectivity index (χ1n) is 8.97. The molecule has 0 unspecified atom stereocenters. The van der Waals surface area contributed by atoms with Gasteiger partial charge in [-0.15, -0.1) is 0 Å². The van der Waals surface area contributed by atoms with Gasteiger partial charge in [-0.25, -0.2) is 9.36 Å². The van der Waals surface area contributed by atoms with Gasteiger partial charge >= 0.3 is 13.8 Å². The highest BCUT2D eigenvalue weighted by Gasteiger charge is 2.20. The number of phosphoric acid groups is 1. The van der Waals surface area contributed by atoms with Crippen molar-refractivity contribution in [3.05, 3.63) is 59.7 Å². The van der Waals surface area contributed by atoms with Gasteiger partial charge in [0.15, 0.2) is 0 Å². The zero-order chi connectivity index (χ0) is 19.4. The molecular weight excluding hydrogens is 367 g/mol. The molecule has 1 saturated carbocycles. The summed E-state index contributed by atoms with van der Waals surface area (Å²) >= 11 is 0. The minimum Gasteiger partial charge on any atom is -0.423 e. The molecule has 2 N–H and O–H groups in total. The Kier molecular flexibility index (Phi) is 6.00. The minimum absolute atomic E-state index is 0.0222. The first kappa shape index (κ1) is 19.6. The second-order valence-corrected chi connectivity index (χ2v) is 8.19. The fourth-order valence-electron chi connectivity index (χ4n) is 3.36. The van der Waals surface area contributed by atoms with Crippen molar-refractivity contribution in [2.45, 2.75) is 38.5 Å². The van der Waals surface area contributed by atoms with Crippen LogP contribution in [-0.4, -0.2) is 15.8 Å². The van der Waals surface area contributed by atoms with Crippen LogP contribution in [0.3, 0.4) is 0 Å². The number of benzene rings is 2. The number of hydrogen-bond donors (Lipinski definition) is 2. The molecule has 0 amide bonds. The van der Waals surface area contributed by atoms with E-state index in [0.29, 0.717) is 11.7 Å². The Bertz CT molecular complexity index is 817. The van der Waals surface area contributed by atoms with Crippen LogP contribution < -0.4 is 9.26 Å². The van der Waals surface area contributed by atoms with Crippen molar-refractivity contribution in [1.82, 2.24) is 0 Å². The maximum atomic E-state index is 12.2. The van der Waals surface area contributed by atoms with E-state index in [1.54, 1.807) is 12.1 Å². The van der Waals surface area contributed by atoms with Gasteiger partial charge in [0.1, 0.15) is 11.5 Å². The topological polar surface area (TPSA) is 93.1 Å². The van der Waals surface area contributed by atoms with Crippen LogP contribution in [0, 0.1) is 5.92 Å². The monoisotopic (exact) mass is 390 g/mol. The Balaban J connectivity index is 1.60. The molecule has 3 rings (SSSR count). The van der Waals surface area contributed by atoms with Gasteiger partial charge in [0.05, 0.1) is 5.56 Å². The molecular formula is C20H23O6P. The molecule has 6 nitrogen and oxygen atoms in total. The standard InChI is InChI=1S/C20H23O6P/c1-14-2-4-15(5-3-14)16-6-10-18(11-7-16)25-20(21)17-8-12-19(13-9-17)26-27(22,23)24/h6-15H,2-5H2,1H3,(H2,22,23,24). The van der Waals surface area contributed by atoms with Crippen molar-refractivity contribution in [3.63, 3.8) is 0 Å². The maximum Gasteiger partial charge on any atom is 0.524 e. The van der Waals surface area contributed by atoms with Crippen molar-refractivity contribution in [3.8, 4) is 11.5 Å². The third-order valence-corrected chi connectivity index (χ3v) is 5.34. The molecule has 1 fully saturated rings. The molecule has 0 heterocycles. The highest BCUT2D eigenvalue weighted by Crippen LogP contribution is 2.38. The van der Waals surface area contributed by atoms with Gasteiger partial charge in [0, 0.05) is 0 Å². The highest BCUT2D eigenvalue weighted by atomic mass is 31.2. The summed E-state index contributed by atoms with van der Waals surface area (Å²) in [6, 6.07) is 13.0. The summed E-state index contributed by atoms with van der Waals surface area (Å²) in [5.41, 5.74) is 1.54. The van der Waals surface area contributed by atoms with Crippen LogP contribution in [0.4, 0.5) is 0 Å². The van der Waals surface area contributed by atoms with Gasteiger partial charge in [-0.2, -0.15) is 0 Å². The fourth-order valence-corrected chi connectivity index (χ4v) is 3.75. The Hall–Kier alpha value is -2.14. The van der Waals surface area contributed by atoms with E-state index in [9.17, 15) is 9.36 Å². The van der Waals surface area contributed by atoms with Gasteiger partial charge in [-0.1, -0.05) is 31.9 Å². The van der Waals surface area contributed by atoms with E-state index in [2.05, 4.69) is 11.4 Å². The molecule has 0 atom stereocenters. The number of ether oxygens (including phenoxy) is 1. The molecule has 0 spiro atoms. The predicted octanol–water partition coefficient (Wildman–Crippen LogP) is 4.67. The van der Waals surface area contributed by atoms with E-state index >= 15 is 0 Å². The van der Waals surface area contributed by atoms with Crippen LogP contribution in [0.5, 0.6) is 11.5 Å². The average molecular weight is 390 g/mol. The van der Waals surface area contributed by atoms with E-state index in [-0.39, 0.29) is 11.3 Å². The summed E-state index contributed by atoms with van der Waals surface area (Å²) in [6.07, 6.45) is 4.90. The van der Waals surface area contributed by atoms with E-state index in [1.165, 1.54) is 55.5 Å². The number of phosphoric ester groups is 1. The number of rotatable bonds is 5. The van der Waals surface area contributed by atoms with Crippen molar-refractivity contribution in [2.24, 2.45) is 5.92 Å². The highest BCUT2D eigenvalue weighted by molar-refractivity contribution is 7.46. The van der Waals surface area contributed by atoms with Crippen molar-refractivity contribution in [2.75, 3.05) is 0 Å². The fraction of sp³-hybridized carbons (Fsp3) is 0.350. The van der Waals surface area contributed by atoms with E-state index in [0.717, 1.165) is 5.92 Å². The van der Waals surface area contributed by atoms with Crippen molar-refractivity contribution >= 4 is 13.8 Å². The molecule has 0 aliphatic heterocycles. The Labute approximate surface area is 158 Å². The van der Waals surface area contributed by atoms with Gasteiger partial charge < -0.3 is 9.26 Å². The minimum atomic E-state index is -4.62. The average Bonchev–Trinajstić information content (AvgIpc) is 2.62. The number of carbonyl (C=O) groups is 1. The molecule has 0 bridgehead atoms. The van der Waals surface area contributed by atoms with Crippen LogP contribution in [0.2, 0.25) is 0 Å². The Morgan fingerprint density at radius 1 is 0.926 bits per heavy atom. The zero-order valence-electron chi connectivity index (χ0n) is 15.1. The summed E-state index contributed by atoms with van der Waals surface area (Å²) < 4.78 is 20.6. The SMILES string of the molecule is CC1CCC(c2ccc(OC(=O)c3ccc(OP(=O)(O)O)cc3)cc2)CC1. The van der Waals surface area contributed by atoms with E-state index < -0.39 is 13.8 Å².